The quantitative estimate of drug-likeness (QED) is 0.461. The van der Waals surface area contributed by atoms with Crippen LogP contribution >= 0.6 is 11.6 Å². The molecule has 4 heteroatoms. The van der Waals surface area contributed by atoms with E-state index >= 15 is 0 Å². The first-order valence-corrected chi connectivity index (χ1v) is 5.23. The summed E-state index contributed by atoms with van der Waals surface area (Å²) in [5.74, 6) is 0.474. The van der Waals surface area contributed by atoms with Gasteiger partial charge in [0.25, 0.3) is 0 Å². The first-order chi connectivity index (χ1) is 7.24. The monoisotopic (exact) mass is 228 g/mol. The van der Waals surface area contributed by atoms with E-state index in [0.29, 0.717) is 18.1 Å². The molecule has 15 heavy (non-hydrogen) atoms. The summed E-state index contributed by atoms with van der Waals surface area (Å²) >= 11 is 5.46. The topological polar surface area (TPSA) is 46.5 Å². The van der Waals surface area contributed by atoms with Gasteiger partial charge in [-0.3, -0.25) is 4.79 Å². The molecular formula is C11H13ClO3. The molecular weight excluding hydrogens is 216 g/mol. The van der Waals surface area contributed by atoms with E-state index in [1.54, 1.807) is 12.1 Å². The van der Waals surface area contributed by atoms with Gasteiger partial charge >= 0.3 is 0 Å². The minimum Gasteiger partial charge on any atom is -0.508 e. The molecule has 0 aliphatic heterocycles. The number of hydrogen-bond acceptors (Lipinski definition) is 3. The van der Waals surface area contributed by atoms with Crippen LogP contribution in [-0.2, 0) is 4.74 Å². The van der Waals surface area contributed by atoms with E-state index in [4.69, 9.17) is 21.4 Å². The van der Waals surface area contributed by atoms with Gasteiger partial charge in [0, 0.05) is 18.1 Å². The number of phenolic OH excluding ortho intramolecular Hbond substituents is 1. The van der Waals surface area contributed by atoms with Crippen LogP contribution in [0, 0.1) is 0 Å². The molecule has 1 aromatic rings. The Balaban J connectivity index is 2.40. The predicted molar refractivity (Wildman–Crippen MR) is 58.6 cm³/mol. The van der Waals surface area contributed by atoms with Gasteiger partial charge < -0.3 is 9.84 Å². The maximum Gasteiger partial charge on any atom is 0.188 e. The number of alkyl halides is 1. The second kappa shape index (κ2) is 6.43. The number of aromatic hydroxyl groups is 1. The zero-order valence-electron chi connectivity index (χ0n) is 8.28. The highest BCUT2D eigenvalue weighted by Gasteiger charge is 2.05. The van der Waals surface area contributed by atoms with Crippen molar-refractivity contribution in [3.8, 4) is 5.75 Å². The maximum absolute atomic E-state index is 11.5. The van der Waals surface area contributed by atoms with Crippen LogP contribution in [-0.4, -0.2) is 30.0 Å². The van der Waals surface area contributed by atoms with Crippen molar-refractivity contribution in [2.24, 2.45) is 0 Å². The van der Waals surface area contributed by atoms with Crippen molar-refractivity contribution >= 4 is 17.4 Å². The first kappa shape index (κ1) is 12.0. The summed E-state index contributed by atoms with van der Waals surface area (Å²) < 4.78 is 5.11. The Bertz CT molecular complexity index is 325. The van der Waals surface area contributed by atoms with Crippen molar-refractivity contribution < 1.29 is 14.6 Å². The van der Waals surface area contributed by atoms with Gasteiger partial charge in [0.2, 0.25) is 0 Å². The molecule has 0 bridgehead atoms. The number of carbonyl (C=O) groups is 1. The molecule has 1 rings (SSSR count). The van der Waals surface area contributed by atoms with Gasteiger partial charge in [-0.1, -0.05) is 12.1 Å². The second-order valence-corrected chi connectivity index (χ2v) is 3.45. The predicted octanol–water partition coefficient (Wildman–Crippen LogP) is 2.22. The lowest BCUT2D eigenvalue weighted by molar-refractivity contribution is 0.0762. The van der Waals surface area contributed by atoms with E-state index in [2.05, 4.69) is 0 Å². The fraction of sp³-hybridized carbons (Fsp3) is 0.364. The number of carbonyl (C=O) groups excluding carboxylic acids is 1. The van der Waals surface area contributed by atoms with Gasteiger partial charge in [0.05, 0.1) is 0 Å². The molecule has 0 amide bonds. The molecule has 82 valence electrons. The molecule has 1 N–H and O–H groups in total. The molecule has 0 saturated carbocycles. The maximum atomic E-state index is 11.5. The Labute approximate surface area is 93.6 Å². The molecule has 0 aliphatic rings. The number of hydrogen-bond donors (Lipinski definition) is 1. The summed E-state index contributed by atoms with van der Waals surface area (Å²) in [5.41, 5.74) is 0.459. The first-order valence-electron chi connectivity index (χ1n) is 4.70. The van der Waals surface area contributed by atoms with Crippen molar-refractivity contribution in [3.05, 3.63) is 29.8 Å². The third kappa shape index (κ3) is 4.32. The molecule has 3 nitrogen and oxygen atoms in total. The van der Waals surface area contributed by atoms with Crippen LogP contribution in [0.5, 0.6) is 5.75 Å². The standard InChI is InChI=1S/C11H13ClO3/c12-5-2-6-15-8-11(14)9-3-1-4-10(13)7-9/h1,3-4,7,13H,2,5-6,8H2. The van der Waals surface area contributed by atoms with Crippen LogP contribution in [0.1, 0.15) is 16.8 Å². The molecule has 0 aliphatic carbocycles. The van der Waals surface area contributed by atoms with Crippen LogP contribution in [0.25, 0.3) is 0 Å². The second-order valence-electron chi connectivity index (χ2n) is 3.07. The Kier molecular flexibility index (Phi) is 5.15. The fourth-order valence-electron chi connectivity index (χ4n) is 1.08. The zero-order chi connectivity index (χ0) is 11.1. The molecule has 0 aromatic heterocycles. The Morgan fingerprint density at radius 3 is 2.93 bits per heavy atom. The summed E-state index contributed by atoms with van der Waals surface area (Å²) in [6.07, 6.45) is 0.731. The molecule has 0 saturated heterocycles. The smallest absolute Gasteiger partial charge is 0.188 e. The largest absolute Gasteiger partial charge is 0.508 e. The number of rotatable bonds is 6. The third-order valence-corrected chi connectivity index (χ3v) is 2.09. The molecule has 0 spiro atoms. The van der Waals surface area contributed by atoms with Crippen molar-refractivity contribution in [2.75, 3.05) is 19.1 Å². The van der Waals surface area contributed by atoms with E-state index < -0.39 is 0 Å². The van der Waals surface area contributed by atoms with Crippen LogP contribution in [0.2, 0.25) is 0 Å². The number of Topliss-reactive ketones (excluding diaryl/α,β-unsaturated/α-hetero) is 1. The van der Waals surface area contributed by atoms with Crippen LogP contribution in [0.3, 0.4) is 0 Å². The minimum absolute atomic E-state index is 0.0281. The van der Waals surface area contributed by atoms with E-state index in [1.165, 1.54) is 12.1 Å². The number of phenols is 1. The van der Waals surface area contributed by atoms with Crippen molar-refractivity contribution in [3.63, 3.8) is 0 Å². The average molecular weight is 229 g/mol. The number of benzene rings is 1. The van der Waals surface area contributed by atoms with Crippen LogP contribution < -0.4 is 0 Å². The molecule has 0 fully saturated rings. The Morgan fingerprint density at radius 2 is 2.27 bits per heavy atom. The van der Waals surface area contributed by atoms with Crippen LogP contribution in [0.15, 0.2) is 24.3 Å². The van der Waals surface area contributed by atoms with Gasteiger partial charge in [-0.25, -0.2) is 0 Å². The Morgan fingerprint density at radius 1 is 1.47 bits per heavy atom. The van der Waals surface area contributed by atoms with Gasteiger partial charge in [-0.15, -0.1) is 11.6 Å². The highest BCUT2D eigenvalue weighted by Crippen LogP contribution is 2.11. The molecule has 1 aromatic carbocycles. The van der Waals surface area contributed by atoms with Gasteiger partial charge in [-0.05, 0) is 18.6 Å². The Hall–Kier alpha value is -1.06. The summed E-state index contributed by atoms with van der Waals surface area (Å²) in [4.78, 5) is 11.5. The highest BCUT2D eigenvalue weighted by atomic mass is 35.5. The van der Waals surface area contributed by atoms with Gasteiger partial charge in [0.15, 0.2) is 5.78 Å². The SMILES string of the molecule is O=C(COCCCCl)c1cccc(O)c1. The zero-order valence-corrected chi connectivity index (χ0v) is 9.04. The fourth-order valence-corrected chi connectivity index (χ4v) is 1.19. The van der Waals surface area contributed by atoms with Gasteiger partial charge in [-0.2, -0.15) is 0 Å². The molecule has 0 unspecified atom stereocenters. The van der Waals surface area contributed by atoms with E-state index in [-0.39, 0.29) is 18.1 Å². The summed E-state index contributed by atoms with van der Waals surface area (Å²) in [5, 5.41) is 9.16. The van der Waals surface area contributed by atoms with Gasteiger partial charge in [0.1, 0.15) is 12.4 Å². The summed E-state index contributed by atoms with van der Waals surface area (Å²) in [7, 11) is 0. The summed E-state index contributed by atoms with van der Waals surface area (Å²) in [6.45, 7) is 0.508. The lowest BCUT2D eigenvalue weighted by atomic mass is 10.1. The normalized spacial score (nSPS) is 10.2. The molecule has 0 atom stereocenters. The third-order valence-electron chi connectivity index (χ3n) is 1.82. The highest BCUT2D eigenvalue weighted by molar-refractivity contribution is 6.17. The summed E-state index contributed by atoms with van der Waals surface area (Å²) in [6, 6.07) is 6.21. The lowest BCUT2D eigenvalue weighted by Gasteiger charge is -2.02. The average Bonchev–Trinajstić information content (AvgIpc) is 2.24. The van der Waals surface area contributed by atoms with Crippen LogP contribution in [0.4, 0.5) is 0 Å². The number of ether oxygens (including phenoxy) is 1. The van der Waals surface area contributed by atoms with Crippen molar-refractivity contribution in [2.45, 2.75) is 6.42 Å². The number of ketones is 1. The van der Waals surface area contributed by atoms with E-state index in [9.17, 15) is 4.79 Å². The van der Waals surface area contributed by atoms with Crippen molar-refractivity contribution in [1.29, 1.82) is 0 Å². The molecule has 0 radical (unpaired) electrons. The van der Waals surface area contributed by atoms with E-state index in [0.717, 1.165) is 6.42 Å². The molecule has 0 heterocycles. The van der Waals surface area contributed by atoms with Crippen molar-refractivity contribution in [1.82, 2.24) is 0 Å². The number of halogens is 1. The lowest BCUT2D eigenvalue weighted by Crippen LogP contribution is -2.09. The minimum atomic E-state index is -0.138. The van der Waals surface area contributed by atoms with E-state index in [1.807, 2.05) is 0 Å².